The number of Topliss-reactive ketones (excluding diaryl/α,β-unsaturated/α-hetero) is 1. The van der Waals surface area contributed by atoms with Gasteiger partial charge in [-0.25, -0.2) is 13.1 Å². The van der Waals surface area contributed by atoms with E-state index in [0.717, 1.165) is 12.1 Å². The quantitative estimate of drug-likeness (QED) is 0.460. The Morgan fingerprint density at radius 1 is 0.824 bits per heavy atom. The predicted octanol–water partition coefficient (Wildman–Crippen LogP) is 4.32. The minimum absolute atomic E-state index is 0.0168. The first kappa shape index (κ1) is 25.1. The van der Waals surface area contributed by atoms with E-state index in [2.05, 4.69) is 10.0 Å². The largest absolute Gasteiger partial charge is 0.416 e. The molecule has 0 atom stereocenters. The number of halogens is 3. The van der Waals surface area contributed by atoms with E-state index in [-0.39, 0.29) is 29.3 Å². The second-order valence-electron chi connectivity index (χ2n) is 7.48. The monoisotopic (exact) mass is 490 g/mol. The van der Waals surface area contributed by atoms with Gasteiger partial charge in [-0.05, 0) is 54.4 Å². The van der Waals surface area contributed by atoms with Gasteiger partial charge in [-0.15, -0.1) is 0 Å². The van der Waals surface area contributed by atoms with Crippen LogP contribution in [0.4, 0.5) is 13.2 Å². The summed E-state index contributed by atoms with van der Waals surface area (Å²) in [6.07, 6.45) is -4.46. The lowest BCUT2D eigenvalue weighted by Crippen LogP contribution is -2.24. The van der Waals surface area contributed by atoms with Crippen LogP contribution in [0.25, 0.3) is 0 Å². The van der Waals surface area contributed by atoms with Gasteiger partial charge in [0.05, 0.1) is 10.5 Å². The molecule has 178 valence electrons. The van der Waals surface area contributed by atoms with Gasteiger partial charge in [0.25, 0.3) is 5.91 Å². The summed E-state index contributed by atoms with van der Waals surface area (Å²) in [7, 11) is -3.80. The molecule has 0 fully saturated rings. The molecule has 34 heavy (non-hydrogen) atoms. The molecule has 0 unspecified atom stereocenters. The Labute approximate surface area is 194 Å². The van der Waals surface area contributed by atoms with Crippen LogP contribution in [0, 0.1) is 0 Å². The number of hydrogen-bond donors (Lipinski definition) is 2. The first-order chi connectivity index (χ1) is 16.0. The van der Waals surface area contributed by atoms with Crippen molar-refractivity contribution in [3.8, 4) is 0 Å². The minimum Gasteiger partial charge on any atom is -0.348 e. The van der Waals surface area contributed by atoms with Crippen LogP contribution < -0.4 is 10.0 Å². The zero-order valence-electron chi connectivity index (χ0n) is 18.0. The molecule has 3 aromatic carbocycles. The Morgan fingerprint density at radius 3 is 2.03 bits per heavy atom. The maximum absolute atomic E-state index is 12.8. The van der Waals surface area contributed by atoms with Crippen molar-refractivity contribution >= 4 is 21.7 Å². The molecule has 1 amide bonds. The summed E-state index contributed by atoms with van der Waals surface area (Å²) < 4.78 is 65.7. The molecule has 0 aliphatic carbocycles. The fourth-order valence-electron chi connectivity index (χ4n) is 3.05. The van der Waals surface area contributed by atoms with Crippen molar-refractivity contribution in [1.29, 1.82) is 0 Å². The topological polar surface area (TPSA) is 92.3 Å². The predicted molar refractivity (Wildman–Crippen MR) is 120 cm³/mol. The van der Waals surface area contributed by atoms with Crippen molar-refractivity contribution in [2.75, 3.05) is 0 Å². The summed E-state index contributed by atoms with van der Waals surface area (Å²) in [5, 5.41) is 2.56. The van der Waals surface area contributed by atoms with E-state index in [1.54, 1.807) is 12.1 Å². The SMILES string of the molecule is CC(=O)c1ccc(S(=O)(=O)NCc2ccc(C(=O)NCc3cccc(C(F)(F)F)c3)cc2)cc1. The number of hydrogen-bond acceptors (Lipinski definition) is 4. The number of ketones is 1. The van der Waals surface area contributed by atoms with Gasteiger partial charge in [-0.2, -0.15) is 13.2 Å². The zero-order chi connectivity index (χ0) is 24.9. The first-order valence-electron chi connectivity index (χ1n) is 10.1. The van der Waals surface area contributed by atoms with Gasteiger partial charge in [0, 0.05) is 24.2 Å². The molecule has 0 saturated heterocycles. The Kier molecular flexibility index (Phi) is 7.53. The van der Waals surface area contributed by atoms with Gasteiger partial charge in [0.1, 0.15) is 0 Å². The third kappa shape index (κ3) is 6.52. The second kappa shape index (κ2) is 10.2. The van der Waals surface area contributed by atoms with E-state index >= 15 is 0 Å². The lowest BCUT2D eigenvalue weighted by atomic mass is 10.1. The molecular weight excluding hydrogens is 469 g/mol. The molecular formula is C24H21F3N2O4S. The number of amides is 1. The van der Waals surface area contributed by atoms with Crippen LogP contribution in [0.1, 0.15) is 44.3 Å². The van der Waals surface area contributed by atoms with E-state index in [1.807, 2.05) is 0 Å². The Balaban J connectivity index is 1.57. The number of carbonyl (C=O) groups excluding carboxylic acids is 2. The van der Waals surface area contributed by atoms with Crippen LogP contribution in [-0.2, 0) is 29.3 Å². The standard InChI is InChI=1S/C24H21F3N2O4S/c1-16(30)19-9-11-22(12-10-19)34(32,33)29-15-17-5-7-20(8-6-17)23(31)28-14-18-3-2-4-21(13-18)24(25,26)27/h2-13,29H,14-15H2,1H3,(H,28,31). The van der Waals surface area contributed by atoms with Gasteiger partial charge in [0.2, 0.25) is 10.0 Å². The summed E-state index contributed by atoms with van der Waals surface area (Å²) in [5.74, 6) is -0.647. The van der Waals surface area contributed by atoms with Gasteiger partial charge >= 0.3 is 6.18 Å². The fraction of sp³-hybridized carbons (Fsp3) is 0.167. The van der Waals surface area contributed by atoms with Gasteiger partial charge in [0.15, 0.2) is 5.78 Å². The highest BCUT2D eigenvalue weighted by Gasteiger charge is 2.30. The molecule has 0 aliphatic heterocycles. The average molecular weight is 491 g/mol. The van der Waals surface area contributed by atoms with Crippen LogP contribution in [0.3, 0.4) is 0 Å². The number of alkyl halides is 3. The van der Waals surface area contributed by atoms with Crippen molar-refractivity contribution in [1.82, 2.24) is 10.0 Å². The summed E-state index contributed by atoms with van der Waals surface area (Å²) >= 11 is 0. The van der Waals surface area contributed by atoms with E-state index < -0.39 is 27.7 Å². The van der Waals surface area contributed by atoms with Crippen LogP contribution in [-0.4, -0.2) is 20.1 Å². The van der Waals surface area contributed by atoms with Crippen LogP contribution in [0.15, 0.2) is 77.7 Å². The highest BCUT2D eigenvalue weighted by Crippen LogP contribution is 2.29. The highest BCUT2D eigenvalue weighted by atomic mass is 32.2. The van der Waals surface area contributed by atoms with E-state index in [1.165, 1.54) is 55.5 Å². The first-order valence-corrected chi connectivity index (χ1v) is 11.6. The van der Waals surface area contributed by atoms with Crippen molar-refractivity contribution in [2.24, 2.45) is 0 Å². The molecule has 0 saturated carbocycles. The molecule has 2 N–H and O–H groups in total. The number of sulfonamides is 1. The molecule has 3 rings (SSSR count). The lowest BCUT2D eigenvalue weighted by Gasteiger charge is -2.10. The molecule has 0 heterocycles. The third-order valence-corrected chi connectivity index (χ3v) is 6.38. The molecule has 3 aromatic rings. The Bertz CT molecular complexity index is 1290. The molecule has 0 bridgehead atoms. The van der Waals surface area contributed by atoms with Crippen molar-refractivity contribution in [3.63, 3.8) is 0 Å². The van der Waals surface area contributed by atoms with Crippen molar-refractivity contribution < 1.29 is 31.2 Å². The van der Waals surface area contributed by atoms with E-state index in [9.17, 15) is 31.2 Å². The molecule has 0 aliphatic rings. The second-order valence-corrected chi connectivity index (χ2v) is 9.25. The van der Waals surface area contributed by atoms with Gasteiger partial charge in [-0.1, -0.05) is 36.4 Å². The molecule has 0 aromatic heterocycles. The summed E-state index contributed by atoms with van der Waals surface area (Å²) in [5.41, 5.74) is 0.795. The van der Waals surface area contributed by atoms with Crippen molar-refractivity contribution in [3.05, 3.63) is 101 Å². The molecule has 6 nitrogen and oxygen atoms in total. The minimum atomic E-state index is -4.46. The number of nitrogens with one attached hydrogen (secondary N) is 2. The maximum Gasteiger partial charge on any atom is 0.416 e. The van der Waals surface area contributed by atoms with Gasteiger partial charge in [-0.3, -0.25) is 9.59 Å². The zero-order valence-corrected chi connectivity index (χ0v) is 18.8. The van der Waals surface area contributed by atoms with Crippen LogP contribution >= 0.6 is 0 Å². The van der Waals surface area contributed by atoms with E-state index in [0.29, 0.717) is 16.7 Å². The van der Waals surface area contributed by atoms with E-state index in [4.69, 9.17) is 0 Å². The van der Waals surface area contributed by atoms with Crippen LogP contribution in [0.5, 0.6) is 0 Å². The van der Waals surface area contributed by atoms with Crippen LogP contribution in [0.2, 0.25) is 0 Å². The van der Waals surface area contributed by atoms with Gasteiger partial charge < -0.3 is 5.32 Å². The average Bonchev–Trinajstić information content (AvgIpc) is 2.81. The Hall–Kier alpha value is -3.50. The third-order valence-electron chi connectivity index (χ3n) is 4.96. The maximum atomic E-state index is 12.8. The number of benzene rings is 3. The highest BCUT2D eigenvalue weighted by molar-refractivity contribution is 7.89. The molecule has 10 heteroatoms. The Morgan fingerprint density at radius 2 is 1.44 bits per heavy atom. The normalized spacial score (nSPS) is 11.8. The molecule has 0 radical (unpaired) electrons. The summed E-state index contributed by atoms with van der Waals surface area (Å²) in [6.45, 7) is 1.28. The fourth-order valence-corrected chi connectivity index (χ4v) is 4.06. The lowest BCUT2D eigenvalue weighted by molar-refractivity contribution is -0.137. The summed E-state index contributed by atoms with van der Waals surface area (Å²) in [4.78, 5) is 23.7. The summed E-state index contributed by atoms with van der Waals surface area (Å²) in [6, 6.07) is 16.4. The van der Waals surface area contributed by atoms with Crippen molar-refractivity contribution in [2.45, 2.75) is 31.1 Å². The number of rotatable bonds is 8. The smallest absolute Gasteiger partial charge is 0.348 e. The number of carbonyl (C=O) groups is 2. The molecule has 0 spiro atoms.